The quantitative estimate of drug-likeness (QED) is 0.756. The van der Waals surface area contributed by atoms with Crippen LogP contribution in [-0.4, -0.2) is 52.7 Å². The first-order valence-corrected chi connectivity index (χ1v) is 10.1. The predicted octanol–water partition coefficient (Wildman–Crippen LogP) is 2.32. The molecule has 2 atom stereocenters. The van der Waals surface area contributed by atoms with Crippen molar-refractivity contribution in [2.45, 2.75) is 37.8 Å². The summed E-state index contributed by atoms with van der Waals surface area (Å²) < 4.78 is 1.89. The van der Waals surface area contributed by atoms with Crippen LogP contribution < -0.4 is 10.6 Å². The molecule has 0 radical (unpaired) electrons. The van der Waals surface area contributed by atoms with E-state index in [0.717, 1.165) is 44.5 Å². The summed E-state index contributed by atoms with van der Waals surface area (Å²) in [4.78, 5) is 26.8. The second-order valence-corrected chi connectivity index (χ2v) is 7.56. The number of hydrogen-bond donors (Lipinski definition) is 2. The van der Waals surface area contributed by atoms with Gasteiger partial charge in [-0.2, -0.15) is 5.10 Å². The molecule has 0 saturated carbocycles. The van der Waals surface area contributed by atoms with Crippen molar-refractivity contribution < 1.29 is 9.59 Å². The third-order valence-electron chi connectivity index (χ3n) is 5.57. The van der Waals surface area contributed by atoms with Gasteiger partial charge in [0.1, 0.15) is 5.69 Å². The minimum Gasteiger partial charge on any atom is -0.342 e. The van der Waals surface area contributed by atoms with E-state index >= 15 is 0 Å². The number of hydrogen-bond acceptors (Lipinski definition) is 4. The summed E-state index contributed by atoms with van der Waals surface area (Å²) in [6.07, 6.45) is 5.54. The van der Waals surface area contributed by atoms with Crippen LogP contribution in [0.4, 0.5) is 0 Å². The van der Waals surface area contributed by atoms with Gasteiger partial charge < -0.3 is 15.5 Å². The van der Waals surface area contributed by atoms with Crippen molar-refractivity contribution in [1.29, 1.82) is 0 Å². The Hall–Kier alpha value is -2.38. The molecule has 1 aromatic heterocycles. The summed E-state index contributed by atoms with van der Waals surface area (Å²) in [7, 11) is 0. The van der Waals surface area contributed by atoms with Crippen molar-refractivity contribution in [3.05, 3.63) is 53.9 Å². The minimum absolute atomic E-state index is 0. The van der Waals surface area contributed by atoms with E-state index in [4.69, 9.17) is 0 Å². The molecule has 4 rings (SSSR count). The number of rotatable bonds is 6. The molecule has 2 amide bonds. The fraction of sp³-hybridized carbons (Fsp3) is 0.476. The van der Waals surface area contributed by atoms with Crippen LogP contribution >= 0.6 is 12.4 Å². The van der Waals surface area contributed by atoms with Gasteiger partial charge >= 0.3 is 0 Å². The Kier molecular flexibility index (Phi) is 7.28. The molecule has 0 aliphatic carbocycles. The van der Waals surface area contributed by atoms with Gasteiger partial charge in [0.15, 0.2) is 0 Å². The van der Waals surface area contributed by atoms with Crippen LogP contribution in [0.25, 0.3) is 0 Å². The molecule has 2 aliphatic heterocycles. The van der Waals surface area contributed by atoms with Crippen molar-refractivity contribution in [2.24, 2.45) is 0 Å². The molecule has 3 heterocycles. The normalized spacial score (nSPS) is 20.2. The van der Waals surface area contributed by atoms with E-state index in [1.807, 2.05) is 46.1 Å². The number of nitrogens with zero attached hydrogens (tertiary/aromatic N) is 3. The van der Waals surface area contributed by atoms with Crippen LogP contribution in [0.1, 0.15) is 53.8 Å². The molecule has 7 nitrogen and oxygen atoms in total. The molecule has 8 heteroatoms. The molecule has 0 bridgehead atoms. The number of nitrogens with one attached hydrogen (secondary N) is 2. The average Bonchev–Trinajstić information content (AvgIpc) is 3.38. The van der Waals surface area contributed by atoms with Gasteiger partial charge in [-0.05, 0) is 37.4 Å². The van der Waals surface area contributed by atoms with E-state index in [1.54, 1.807) is 6.07 Å². The van der Waals surface area contributed by atoms with Crippen LogP contribution in [-0.2, 0) is 4.79 Å². The zero-order chi connectivity index (χ0) is 19.3. The fourth-order valence-electron chi connectivity index (χ4n) is 3.99. The molecular weight excluding hydrogens is 390 g/mol. The Morgan fingerprint density at radius 3 is 2.76 bits per heavy atom. The van der Waals surface area contributed by atoms with E-state index in [2.05, 4.69) is 15.7 Å². The Balaban J connectivity index is 0.00000240. The molecular formula is C21H28ClN5O2. The fourth-order valence-corrected chi connectivity index (χ4v) is 3.99. The zero-order valence-corrected chi connectivity index (χ0v) is 17.2. The number of amides is 2. The van der Waals surface area contributed by atoms with E-state index in [0.29, 0.717) is 24.7 Å². The third-order valence-corrected chi connectivity index (χ3v) is 5.57. The number of aromatic nitrogens is 2. The van der Waals surface area contributed by atoms with Crippen LogP contribution in [0.2, 0.25) is 0 Å². The van der Waals surface area contributed by atoms with Crippen LogP contribution in [0, 0.1) is 0 Å². The molecule has 2 saturated heterocycles. The molecule has 2 fully saturated rings. The highest BCUT2D eigenvalue weighted by atomic mass is 35.5. The van der Waals surface area contributed by atoms with Crippen molar-refractivity contribution in [3.63, 3.8) is 0 Å². The molecule has 0 spiro atoms. The van der Waals surface area contributed by atoms with Crippen molar-refractivity contribution in [3.8, 4) is 0 Å². The first kappa shape index (κ1) is 21.3. The topological polar surface area (TPSA) is 79.3 Å². The zero-order valence-electron chi connectivity index (χ0n) is 16.4. The number of piperidine rings is 1. The highest BCUT2D eigenvalue weighted by Gasteiger charge is 2.26. The maximum Gasteiger partial charge on any atom is 0.272 e. The lowest BCUT2D eigenvalue weighted by Gasteiger charge is -2.25. The number of likely N-dealkylation sites (tertiary alicyclic amines) is 1. The van der Waals surface area contributed by atoms with Gasteiger partial charge in [-0.1, -0.05) is 30.3 Å². The number of benzene rings is 1. The van der Waals surface area contributed by atoms with E-state index < -0.39 is 0 Å². The maximum absolute atomic E-state index is 12.9. The SMILES string of the molecule is Cl.O=C(NC(CN1CCCC1=O)c1ccccc1)c1ccn(C2CCCNC2)n1. The van der Waals surface area contributed by atoms with Crippen LogP contribution in [0.5, 0.6) is 0 Å². The highest BCUT2D eigenvalue weighted by molar-refractivity contribution is 5.92. The first-order chi connectivity index (χ1) is 13.7. The van der Waals surface area contributed by atoms with Gasteiger partial charge in [0.25, 0.3) is 5.91 Å². The third kappa shape index (κ3) is 5.16. The van der Waals surface area contributed by atoms with Crippen molar-refractivity contribution >= 4 is 24.2 Å². The molecule has 2 aliphatic rings. The van der Waals surface area contributed by atoms with E-state index in [1.165, 1.54) is 0 Å². The lowest BCUT2D eigenvalue weighted by molar-refractivity contribution is -0.128. The van der Waals surface area contributed by atoms with Crippen LogP contribution in [0.3, 0.4) is 0 Å². The lowest BCUT2D eigenvalue weighted by atomic mass is 10.1. The largest absolute Gasteiger partial charge is 0.342 e. The standard InChI is InChI=1S/C21H27N5O2.ClH/c27-20-9-5-12-25(20)15-19(16-6-2-1-3-7-16)23-21(28)18-10-13-26(24-18)17-8-4-11-22-14-17;/h1-3,6-7,10,13,17,19,22H,4-5,8-9,11-12,14-15H2,(H,23,28);1H. The van der Waals surface area contributed by atoms with Crippen molar-refractivity contribution in [1.82, 2.24) is 25.3 Å². The first-order valence-electron chi connectivity index (χ1n) is 10.1. The maximum atomic E-state index is 12.9. The predicted molar refractivity (Wildman–Crippen MR) is 113 cm³/mol. The second-order valence-electron chi connectivity index (χ2n) is 7.56. The summed E-state index contributed by atoms with van der Waals surface area (Å²) in [5.41, 5.74) is 1.41. The van der Waals surface area contributed by atoms with Gasteiger partial charge in [-0.15, -0.1) is 12.4 Å². The van der Waals surface area contributed by atoms with Gasteiger partial charge in [-0.25, -0.2) is 0 Å². The van der Waals surface area contributed by atoms with Gasteiger partial charge in [-0.3, -0.25) is 14.3 Å². The summed E-state index contributed by atoms with van der Waals surface area (Å²) in [6, 6.07) is 11.6. The Bertz CT molecular complexity index is 819. The number of carbonyl (C=O) groups excluding carboxylic acids is 2. The molecule has 2 N–H and O–H groups in total. The summed E-state index contributed by atoms with van der Waals surface area (Å²) in [5.74, 6) is -0.0488. The summed E-state index contributed by atoms with van der Waals surface area (Å²) in [5, 5.41) is 11.0. The average molecular weight is 418 g/mol. The smallest absolute Gasteiger partial charge is 0.272 e. The highest BCUT2D eigenvalue weighted by Crippen LogP contribution is 2.20. The summed E-state index contributed by atoms with van der Waals surface area (Å²) in [6.45, 7) is 3.16. The second kappa shape index (κ2) is 9.89. The minimum atomic E-state index is -0.253. The van der Waals surface area contributed by atoms with E-state index in [-0.39, 0.29) is 30.3 Å². The Labute approximate surface area is 177 Å². The van der Waals surface area contributed by atoms with Gasteiger partial charge in [0.05, 0.1) is 12.1 Å². The van der Waals surface area contributed by atoms with Crippen molar-refractivity contribution in [2.75, 3.05) is 26.2 Å². The molecule has 2 unspecified atom stereocenters. The summed E-state index contributed by atoms with van der Waals surface area (Å²) >= 11 is 0. The van der Waals surface area contributed by atoms with Gasteiger partial charge in [0, 0.05) is 32.3 Å². The molecule has 156 valence electrons. The monoisotopic (exact) mass is 417 g/mol. The molecule has 2 aromatic rings. The number of carbonyl (C=O) groups is 2. The Morgan fingerprint density at radius 1 is 1.24 bits per heavy atom. The van der Waals surface area contributed by atoms with Gasteiger partial charge in [0.2, 0.25) is 5.91 Å². The lowest BCUT2D eigenvalue weighted by Crippen LogP contribution is -2.39. The van der Waals surface area contributed by atoms with Crippen LogP contribution in [0.15, 0.2) is 42.6 Å². The Morgan fingerprint density at radius 2 is 2.07 bits per heavy atom. The number of halogens is 1. The van der Waals surface area contributed by atoms with E-state index in [9.17, 15) is 9.59 Å². The molecule has 1 aromatic carbocycles. The molecule has 29 heavy (non-hydrogen) atoms.